The Morgan fingerprint density at radius 2 is 1.66 bits per heavy atom. The lowest BCUT2D eigenvalue weighted by molar-refractivity contribution is 0.00578. The van der Waals surface area contributed by atoms with Crippen LogP contribution in [-0.2, 0) is 14.0 Å². The number of amides is 1. The molecule has 10 heteroatoms. The lowest BCUT2D eigenvalue weighted by Crippen LogP contribution is -2.41. The molecule has 1 aromatic heterocycles. The van der Waals surface area contributed by atoms with Crippen LogP contribution < -0.4 is 21.5 Å². The van der Waals surface area contributed by atoms with Crippen molar-refractivity contribution < 1.29 is 18.8 Å². The van der Waals surface area contributed by atoms with E-state index in [9.17, 15) is 4.79 Å². The second-order valence-electron chi connectivity index (χ2n) is 9.12. The number of anilines is 3. The van der Waals surface area contributed by atoms with Crippen molar-refractivity contribution in [1.82, 2.24) is 9.97 Å². The van der Waals surface area contributed by atoms with Crippen molar-refractivity contribution >= 4 is 35.8 Å². The second kappa shape index (κ2) is 8.34. The first-order chi connectivity index (χ1) is 15.1. The molecule has 2 aliphatic rings. The van der Waals surface area contributed by atoms with E-state index < -0.39 is 24.2 Å². The maximum absolute atomic E-state index is 12.2. The zero-order chi connectivity index (χ0) is 23.1. The highest BCUT2D eigenvalue weighted by Gasteiger charge is 2.53. The number of nitrogens with one attached hydrogen (secondary N) is 1. The zero-order valence-electron chi connectivity index (χ0n) is 19.3. The summed E-state index contributed by atoms with van der Waals surface area (Å²) in [7, 11) is -0.729. The van der Waals surface area contributed by atoms with Gasteiger partial charge in [0.15, 0.2) is 11.5 Å². The van der Waals surface area contributed by atoms with E-state index >= 15 is 0 Å². The average Bonchev–Trinajstić information content (AvgIpc) is 2.96. The van der Waals surface area contributed by atoms with E-state index in [0.717, 1.165) is 37.7 Å². The molecule has 0 unspecified atom stereocenters. The molecular formula is C22H30BN5O4. The van der Waals surface area contributed by atoms with Gasteiger partial charge in [0, 0.05) is 24.5 Å². The van der Waals surface area contributed by atoms with Gasteiger partial charge in [0.1, 0.15) is 0 Å². The fraction of sp³-hybridized carbons (Fsp3) is 0.500. The Bertz CT molecular complexity index is 990. The molecule has 0 spiro atoms. The maximum atomic E-state index is 12.2. The molecule has 3 N–H and O–H groups in total. The molecular weight excluding hydrogens is 409 g/mol. The molecule has 4 rings (SSSR count). The largest absolute Gasteiger partial charge is 0.516 e. The van der Waals surface area contributed by atoms with E-state index in [0.29, 0.717) is 17.1 Å². The smallest absolute Gasteiger partial charge is 0.398 e. The third-order valence-electron chi connectivity index (χ3n) is 6.32. The fourth-order valence-corrected chi connectivity index (χ4v) is 3.68. The third-order valence-corrected chi connectivity index (χ3v) is 6.32. The quantitative estimate of drug-likeness (QED) is 0.678. The van der Waals surface area contributed by atoms with Gasteiger partial charge in [0.25, 0.3) is 5.91 Å². The van der Waals surface area contributed by atoms with E-state index in [2.05, 4.69) is 20.2 Å². The number of carbonyl (C=O) groups is 1. The van der Waals surface area contributed by atoms with Gasteiger partial charge < -0.3 is 30.0 Å². The van der Waals surface area contributed by atoms with Gasteiger partial charge in [-0.25, -0.2) is 9.97 Å². The van der Waals surface area contributed by atoms with Gasteiger partial charge in [-0.15, -0.1) is 0 Å². The highest BCUT2D eigenvalue weighted by molar-refractivity contribution is 6.61. The van der Waals surface area contributed by atoms with Gasteiger partial charge in [-0.05, 0) is 58.9 Å². The summed E-state index contributed by atoms with van der Waals surface area (Å²) in [6.07, 6.45) is 0. The number of hydrogen-bond acceptors (Lipinski definition) is 8. The second-order valence-corrected chi connectivity index (χ2v) is 9.12. The van der Waals surface area contributed by atoms with Crippen LogP contribution in [0.25, 0.3) is 0 Å². The number of morpholine rings is 1. The Morgan fingerprint density at radius 3 is 2.22 bits per heavy atom. The Hall–Kier alpha value is -2.69. The van der Waals surface area contributed by atoms with E-state index in [1.807, 2.05) is 58.9 Å². The summed E-state index contributed by atoms with van der Waals surface area (Å²) in [6.45, 7) is 12.8. The lowest BCUT2D eigenvalue weighted by Gasteiger charge is -2.32. The van der Waals surface area contributed by atoms with Crippen LogP contribution >= 0.6 is 0 Å². The molecule has 0 radical (unpaired) electrons. The number of primary amides is 1. The molecule has 2 aliphatic heterocycles. The van der Waals surface area contributed by atoms with Crippen molar-refractivity contribution in [3.05, 3.63) is 35.7 Å². The van der Waals surface area contributed by atoms with Crippen molar-refractivity contribution in [2.75, 3.05) is 36.5 Å². The predicted octanol–water partition coefficient (Wildman–Crippen LogP) is 1.76. The minimum absolute atomic E-state index is 0.0394. The van der Waals surface area contributed by atoms with Crippen LogP contribution in [0.2, 0.25) is 0 Å². The van der Waals surface area contributed by atoms with Gasteiger partial charge in [0.05, 0.1) is 35.7 Å². The third kappa shape index (κ3) is 4.30. The summed E-state index contributed by atoms with van der Waals surface area (Å²) in [5, 5.41) is 3.18. The monoisotopic (exact) mass is 439 g/mol. The summed E-state index contributed by atoms with van der Waals surface area (Å²) in [5.74, 6) is -0.378. The number of hydrogen-bond donors (Lipinski definition) is 2. The molecule has 1 amide bonds. The van der Waals surface area contributed by atoms with Crippen LogP contribution in [0.1, 0.15) is 43.9 Å². The number of ether oxygens (including phenoxy) is 1. The van der Waals surface area contributed by atoms with Gasteiger partial charge >= 0.3 is 7.12 Å². The van der Waals surface area contributed by atoms with Gasteiger partial charge in [-0.3, -0.25) is 4.79 Å². The Morgan fingerprint density at radius 1 is 1.06 bits per heavy atom. The first-order valence-electron chi connectivity index (χ1n) is 10.8. The molecule has 170 valence electrons. The topological polar surface area (TPSA) is 112 Å². The van der Waals surface area contributed by atoms with Crippen LogP contribution in [0.3, 0.4) is 0 Å². The first kappa shape index (κ1) is 22.5. The first-order valence-corrected chi connectivity index (χ1v) is 10.8. The molecule has 2 fully saturated rings. The highest BCUT2D eigenvalue weighted by Crippen LogP contribution is 2.36. The van der Waals surface area contributed by atoms with Gasteiger partial charge in [0.2, 0.25) is 0 Å². The van der Waals surface area contributed by atoms with Crippen molar-refractivity contribution in [3.63, 3.8) is 0 Å². The minimum atomic E-state index is -0.729. The fourth-order valence-electron chi connectivity index (χ4n) is 3.68. The van der Waals surface area contributed by atoms with Crippen LogP contribution in [-0.4, -0.2) is 60.5 Å². The standard InChI is InChI=1S/C22H30BN5O4/c1-14-18(23-31-21(2,3)22(4,5)32-23)27-17(19(24)29)20(25-14)26-15-6-8-16(9-7-15)28-10-12-30-13-11-28/h6-9H,10-13H2,1-5H3,(H2,24,29)(H,25,26). The summed E-state index contributed by atoms with van der Waals surface area (Å²) in [5.41, 5.74) is 7.56. The number of carbonyl (C=O) groups excluding carboxylic acids is 1. The van der Waals surface area contributed by atoms with Crippen LogP contribution in [0.4, 0.5) is 17.2 Å². The molecule has 0 aliphatic carbocycles. The summed E-state index contributed by atoms with van der Waals surface area (Å²) < 4.78 is 17.6. The maximum Gasteiger partial charge on any atom is 0.516 e. The minimum Gasteiger partial charge on any atom is -0.398 e. The lowest BCUT2D eigenvalue weighted by atomic mass is 9.82. The molecule has 9 nitrogen and oxygen atoms in total. The van der Waals surface area contributed by atoms with Crippen molar-refractivity contribution in [2.45, 2.75) is 45.8 Å². The summed E-state index contributed by atoms with van der Waals surface area (Å²) in [4.78, 5) is 23.5. The molecule has 3 heterocycles. The number of benzene rings is 1. The van der Waals surface area contributed by atoms with E-state index in [-0.39, 0.29) is 5.69 Å². The highest BCUT2D eigenvalue weighted by atomic mass is 16.7. The number of rotatable bonds is 5. The zero-order valence-corrected chi connectivity index (χ0v) is 19.3. The predicted molar refractivity (Wildman–Crippen MR) is 124 cm³/mol. The molecule has 0 atom stereocenters. The van der Waals surface area contributed by atoms with Crippen LogP contribution in [0.5, 0.6) is 0 Å². The number of nitrogens with two attached hydrogens (primary N) is 1. The summed E-state index contributed by atoms with van der Waals surface area (Å²) in [6, 6.07) is 7.93. The van der Waals surface area contributed by atoms with E-state index in [1.54, 1.807) is 0 Å². The number of nitrogens with zero attached hydrogens (tertiary/aromatic N) is 3. The molecule has 32 heavy (non-hydrogen) atoms. The van der Waals surface area contributed by atoms with Crippen molar-refractivity contribution in [1.29, 1.82) is 0 Å². The Kier molecular flexibility index (Phi) is 5.87. The molecule has 1 aromatic carbocycles. The Balaban J connectivity index is 1.58. The van der Waals surface area contributed by atoms with Gasteiger partial charge in [-0.2, -0.15) is 0 Å². The van der Waals surface area contributed by atoms with E-state index in [1.165, 1.54) is 0 Å². The van der Waals surface area contributed by atoms with Crippen LogP contribution in [0.15, 0.2) is 24.3 Å². The number of aryl methyl sites for hydroxylation is 1. The Labute approximate surface area is 188 Å². The SMILES string of the molecule is Cc1nc(Nc2ccc(N3CCOCC3)cc2)c(C(N)=O)nc1B1OC(C)(C)C(C)(C)O1. The van der Waals surface area contributed by atoms with Gasteiger partial charge in [-0.1, -0.05) is 0 Å². The normalized spacial score (nSPS) is 19.8. The van der Waals surface area contributed by atoms with Crippen molar-refractivity contribution in [2.24, 2.45) is 5.73 Å². The molecule has 2 aromatic rings. The summed E-state index contributed by atoms with van der Waals surface area (Å²) >= 11 is 0. The molecule has 0 bridgehead atoms. The number of aromatic nitrogens is 2. The van der Waals surface area contributed by atoms with E-state index in [4.69, 9.17) is 19.8 Å². The van der Waals surface area contributed by atoms with Crippen LogP contribution in [0, 0.1) is 6.92 Å². The molecule has 2 saturated heterocycles. The molecule has 0 saturated carbocycles. The average molecular weight is 439 g/mol. The van der Waals surface area contributed by atoms with Crippen molar-refractivity contribution in [3.8, 4) is 0 Å².